The van der Waals surface area contributed by atoms with Crippen molar-refractivity contribution in [3.63, 3.8) is 0 Å². The summed E-state index contributed by atoms with van der Waals surface area (Å²) in [7, 11) is 0. The first-order chi connectivity index (χ1) is 10.1. The number of carboxylic acids is 1. The van der Waals surface area contributed by atoms with Gasteiger partial charge in [-0.1, -0.05) is 6.92 Å². The Bertz CT molecular complexity index is 486. The normalized spacial score (nSPS) is 18.7. The molecule has 1 aliphatic rings. The molecule has 1 saturated heterocycles. The van der Waals surface area contributed by atoms with E-state index in [1.807, 2.05) is 12.3 Å². The summed E-state index contributed by atoms with van der Waals surface area (Å²) >= 11 is 1.46. The smallest absolute Gasteiger partial charge is 0.329 e. The highest BCUT2D eigenvalue weighted by molar-refractivity contribution is 7.09. The molecular weight excluding hydrogens is 294 g/mol. The highest BCUT2D eigenvalue weighted by Gasteiger charge is 2.41. The summed E-state index contributed by atoms with van der Waals surface area (Å²) in [5.41, 5.74) is -1.25. The fourth-order valence-electron chi connectivity index (χ4n) is 2.27. The number of aliphatic carboxylic acids is 1. The zero-order valence-electron chi connectivity index (χ0n) is 11.8. The van der Waals surface area contributed by atoms with Crippen LogP contribution in [-0.2, 0) is 9.53 Å². The summed E-state index contributed by atoms with van der Waals surface area (Å²) in [5.74, 6) is -1.02. The first kappa shape index (κ1) is 15.7. The lowest BCUT2D eigenvalue weighted by Crippen LogP contribution is -2.59. The number of carbonyl (C=O) groups excluding carboxylic acids is 1. The molecule has 1 aromatic rings. The molecule has 7 nitrogen and oxygen atoms in total. The molecule has 1 aromatic heterocycles. The number of nitrogens with zero attached hydrogens (tertiary/aromatic N) is 1. The molecule has 2 amide bonds. The average Bonchev–Trinajstić information content (AvgIpc) is 2.99. The van der Waals surface area contributed by atoms with Crippen LogP contribution in [0.1, 0.15) is 37.2 Å². The molecule has 0 spiro atoms. The second kappa shape index (κ2) is 6.86. The zero-order valence-corrected chi connectivity index (χ0v) is 12.6. The number of ether oxygens (including phenoxy) is 1. The van der Waals surface area contributed by atoms with Crippen LogP contribution in [0.2, 0.25) is 0 Å². The van der Waals surface area contributed by atoms with E-state index in [1.165, 1.54) is 11.3 Å². The maximum Gasteiger partial charge on any atom is 0.329 e. The third-order valence-electron chi connectivity index (χ3n) is 3.57. The van der Waals surface area contributed by atoms with Crippen LogP contribution in [0.25, 0.3) is 0 Å². The van der Waals surface area contributed by atoms with Gasteiger partial charge in [0.1, 0.15) is 10.5 Å². The summed E-state index contributed by atoms with van der Waals surface area (Å²) in [4.78, 5) is 27.8. The van der Waals surface area contributed by atoms with Crippen molar-refractivity contribution in [1.29, 1.82) is 0 Å². The van der Waals surface area contributed by atoms with E-state index < -0.39 is 17.5 Å². The molecule has 0 saturated carbocycles. The van der Waals surface area contributed by atoms with Crippen molar-refractivity contribution in [3.05, 3.63) is 16.6 Å². The van der Waals surface area contributed by atoms with Gasteiger partial charge in [-0.15, -0.1) is 11.3 Å². The quantitative estimate of drug-likeness (QED) is 0.765. The molecule has 0 aromatic carbocycles. The highest BCUT2D eigenvalue weighted by Crippen LogP contribution is 2.22. The van der Waals surface area contributed by atoms with E-state index >= 15 is 0 Å². The van der Waals surface area contributed by atoms with Crippen LogP contribution in [0.3, 0.4) is 0 Å². The van der Waals surface area contributed by atoms with Crippen molar-refractivity contribution in [3.8, 4) is 0 Å². The van der Waals surface area contributed by atoms with E-state index in [2.05, 4.69) is 15.6 Å². The Hall–Kier alpha value is -1.67. The zero-order chi connectivity index (χ0) is 15.3. The second-order valence-electron chi connectivity index (χ2n) is 4.93. The number of carboxylic acid groups (broad SMARTS) is 1. The number of urea groups is 1. The van der Waals surface area contributed by atoms with Crippen LogP contribution >= 0.6 is 11.3 Å². The van der Waals surface area contributed by atoms with Gasteiger partial charge in [-0.05, 0) is 6.42 Å². The molecule has 0 aliphatic carbocycles. The van der Waals surface area contributed by atoms with Gasteiger partial charge in [0.05, 0.1) is 6.04 Å². The third-order valence-corrected chi connectivity index (χ3v) is 4.46. The Morgan fingerprint density at radius 1 is 1.52 bits per heavy atom. The molecule has 8 heteroatoms. The van der Waals surface area contributed by atoms with Crippen LogP contribution in [0.4, 0.5) is 4.79 Å². The van der Waals surface area contributed by atoms with Gasteiger partial charge in [0, 0.05) is 37.6 Å². The van der Waals surface area contributed by atoms with Crippen molar-refractivity contribution >= 4 is 23.3 Å². The lowest BCUT2D eigenvalue weighted by atomic mass is 9.90. The van der Waals surface area contributed by atoms with E-state index in [0.29, 0.717) is 19.6 Å². The molecule has 3 N–H and O–H groups in total. The Morgan fingerprint density at radius 3 is 2.76 bits per heavy atom. The number of nitrogens with one attached hydrogen (secondary N) is 2. The van der Waals surface area contributed by atoms with Gasteiger partial charge in [-0.25, -0.2) is 14.6 Å². The van der Waals surface area contributed by atoms with Crippen molar-refractivity contribution in [2.24, 2.45) is 0 Å². The molecule has 21 heavy (non-hydrogen) atoms. The summed E-state index contributed by atoms with van der Waals surface area (Å²) in [6.45, 7) is 2.60. The number of amides is 2. The molecule has 116 valence electrons. The average molecular weight is 313 g/mol. The molecule has 1 aliphatic heterocycles. The lowest BCUT2D eigenvalue weighted by molar-refractivity contribution is -0.148. The summed E-state index contributed by atoms with van der Waals surface area (Å²) in [5, 5.41) is 17.5. The Balaban J connectivity index is 2.00. The standard InChI is InChI=1S/C13H19N3O4S/c1-2-9(10-14-5-8-21-10)15-12(19)16-13(11(17)18)3-6-20-7-4-13/h5,8-9H,2-4,6-7H2,1H3,(H,17,18)(H2,15,16,19). The largest absolute Gasteiger partial charge is 0.480 e. The summed E-state index contributed by atoms with van der Waals surface area (Å²) < 4.78 is 5.17. The van der Waals surface area contributed by atoms with Gasteiger partial charge in [0.25, 0.3) is 0 Å². The molecule has 2 rings (SSSR count). The molecule has 2 heterocycles. The third kappa shape index (κ3) is 3.70. The maximum absolute atomic E-state index is 12.1. The van der Waals surface area contributed by atoms with E-state index in [1.54, 1.807) is 6.20 Å². The predicted molar refractivity (Wildman–Crippen MR) is 77.2 cm³/mol. The van der Waals surface area contributed by atoms with Crippen LogP contribution < -0.4 is 10.6 Å². The SMILES string of the molecule is CCC(NC(=O)NC1(C(=O)O)CCOCC1)c1nccs1. The molecule has 0 radical (unpaired) electrons. The fourth-order valence-corrected chi connectivity index (χ4v) is 3.04. The van der Waals surface area contributed by atoms with Crippen LogP contribution in [0.15, 0.2) is 11.6 Å². The van der Waals surface area contributed by atoms with Gasteiger partial charge < -0.3 is 20.5 Å². The Kier molecular flexibility index (Phi) is 5.13. The van der Waals surface area contributed by atoms with Crippen LogP contribution in [0, 0.1) is 0 Å². The summed E-state index contributed by atoms with van der Waals surface area (Å²) in [6, 6.07) is -0.697. The number of hydrogen-bond acceptors (Lipinski definition) is 5. The van der Waals surface area contributed by atoms with E-state index in [4.69, 9.17) is 4.74 Å². The lowest BCUT2D eigenvalue weighted by Gasteiger charge is -2.34. The number of rotatable bonds is 5. The minimum Gasteiger partial charge on any atom is -0.480 e. The molecular formula is C13H19N3O4S. The molecule has 1 unspecified atom stereocenters. The minimum atomic E-state index is -1.25. The number of thiazole rings is 1. The van der Waals surface area contributed by atoms with Crippen molar-refractivity contribution in [1.82, 2.24) is 15.6 Å². The van der Waals surface area contributed by atoms with Gasteiger partial charge in [0.15, 0.2) is 0 Å². The predicted octanol–water partition coefficient (Wildman–Crippen LogP) is 1.53. The van der Waals surface area contributed by atoms with Gasteiger partial charge in [0.2, 0.25) is 0 Å². The highest BCUT2D eigenvalue weighted by atomic mass is 32.1. The molecule has 0 bridgehead atoms. The second-order valence-corrected chi connectivity index (χ2v) is 5.86. The first-order valence-corrected chi connectivity index (χ1v) is 7.74. The fraction of sp³-hybridized carbons (Fsp3) is 0.615. The number of carbonyl (C=O) groups is 2. The monoisotopic (exact) mass is 313 g/mol. The van der Waals surface area contributed by atoms with Crippen molar-refractivity contribution < 1.29 is 19.4 Å². The summed E-state index contributed by atoms with van der Waals surface area (Å²) in [6.07, 6.45) is 2.90. The van der Waals surface area contributed by atoms with Crippen molar-refractivity contribution in [2.45, 2.75) is 37.8 Å². The van der Waals surface area contributed by atoms with Crippen molar-refractivity contribution in [2.75, 3.05) is 13.2 Å². The molecule has 1 atom stereocenters. The van der Waals surface area contributed by atoms with Gasteiger partial charge in [-0.3, -0.25) is 0 Å². The number of hydrogen-bond donors (Lipinski definition) is 3. The van der Waals surface area contributed by atoms with Crippen LogP contribution in [0.5, 0.6) is 0 Å². The first-order valence-electron chi connectivity index (χ1n) is 6.86. The number of aromatic nitrogens is 1. The van der Waals surface area contributed by atoms with Gasteiger partial charge >= 0.3 is 12.0 Å². The van der Waals surface area contributed by atoms with E-state index in [-0.39, 0.29) is 18.9 Å². The Labute approximate surface area is 126 Å². The minimum absolute atomic E-state index is 0.212. The molecule has 1 fully saturated rings. The topological polar surface area (TPSA) is 101 Å². The van der Waals surface area contributed by atoms with Gasteiger partial charge in [-0.2, -0.15) is 0 Å². The Morgan fingerprint density at radius 2 is 2.24 bits per heavy atom. The maximum atomic E-state index is 12.1. The van der Waals surface area contributed by atoms with E-state index in [9.17, 15) is 14.7 Å². The van der Waals surface area contributed by atoms with E-state index in [0.717, 1.165) is 5.01 Å². The van der Waals surface area contributed by atoms with Crippen LogP contribution in [-0.4, -0.2) is 40.8 Å².